The number of aliphatic carboxylic acids is 1. The SMILES string of the molecule is CC(C)C[C@H](NC(=O)[C@H](CCc1ccccc1)CC(=O)CCN1CCCCC1)C(=O)C[C@@H](Cc1ccccc1)C(=O)O. The molecular formula is C35H48N2O5. The van der Waals surface area contributed by atoms with Crippen molar-refractivity contribution in [1.29, 1.82) is 0 Å². The first kappa shape index (κ1) is 33.2. The Morgan fingerprint density at radius 3 is 2.05 bits per heavy atom. The third kappa shape index (κ3) is 11.9. The molecule has 7 nitrogen and oxygen atoms in total. The molecular weight excluding hydrogens is 528 g/mol. The summed E-state index contributed by atoms with van der Waals surface area (Å²) in [6.45, 7) is 6.71. The Bertz CT molecular complexity index is 1130. The minimum absolute atomic E-state index is 0.0642. The summed E-state index contributed by atoms with van der Waals surface area (Å²) in [4.78, 5) is 54.6. The maximum Gasteiger partial charge on any atom is 0.307 e. The maximum absolute atomic E-state index is 13.7. The second kappa shape index (κ2) is 17.6. The zero-order valence-corrected chi connectivity index (χ0v) is 25.3. The van der Waals surface area contributed by atoms with Gasteiger partial charge in [-0.1, -0.05) is 80.9 Å². The van der Waals surface area contributed by atoms with Gasteiger partial charge in [0, 0.05) is 31.7 Å². The molecule has 2 aromatic rings. The van der Waals surface area contributed by atoms with Crippen molar-refractivity contribution in [3.05, 3.63) is 71.8 Å². The number of hydrogen-bond donors (Lipinski definition) is 2. The second-order valence-electron chi connectivity index (χ2n) is 12.2. The lowest BCUT2D eigenvalue weighted by atomic mass is 9.88. The molecule has 0 saturated carbocycles. The Labute approximate surface area is 251 Å². The topological polar surface area (TPSA) is 104 Å². The van der Waals surface area contributed by atoms with Crippen molar-refractivity contribution >= 4 is 23.4 Å². The van der Waals surface area contributed by atoms with Crippen molar-refractivity contribution in [2.45, 2.75) is 84.1 Å². The number of carbonyl (C=O) groups excluding carboxylic acids is 3. The highest BCUT2D eigenvalue weighted by Crippen LogP contribution is 2.20. The van der Waals surface area contributed by atoms with Crippen molar-refractivity contribution in [2.24, 2.45) is 17.8 Å². The van der Waals surface area contributed by atoms with E-state index in [-0.39, 0.29) is 42.7 Å². The Balaban J connectivity index is 1.68. The largest absolute Gasteiger partial charge is 0.481 e. The predicted molar refractivity (Wildman–Crippen MR) is 165 cm³/mol. The predicted octanol–water partition coefficient (Wildman–Crippen LogP) is 5.50. The zero-order valence-electron chi connectivity index (χ0n) is 25.3. The number of carboxylic acid groups (broad SMARTS) is 1. The summed E-state index contributed by atoms with van der Waals surface area (Å²) < 4.78 is 0. The number of amides is 1. The molecule has 0 unspecified atom stereocenters. The van der Waals surface area contributed by atoms with E-state index in [9.17, 15) is 24.3 Å². The number of Topliss-reactive ketones (excluding diaryl/α,β-unsaturated/α-hetero) is 2. The second-order valence-corrected chi connectivity index (χ2v) is 12.2. The minimum Gasteiger partial charge on any atom is -0.481 e. The first-order valence-electron chi connectivity index (χ1n) is 15.6. The van der Waals surface area contributed by atoms with Gasteiger partial charge in [-0.15, -0.1) is 0 Å². The first-order valence-corrected chi connectivity index (χ1v) is 15.6. The average Bonchev–Trinajstić information content (AvgIpc) is 2.98. The highest BCUT2D eigenvalue weighted by atomic mass is 16.4. The Morgan fingerprint density at radius 2 is 1.45 bits per heavy atom. The number of nitrogens with one attached hydrogen (secondary N) is 1. The number of nitrogens with zero attached hydrogens (tertiary/aromatic N) is 1. The standard InChI is InChI=1S/C35H48N2O5/c1-26(2)22-32(33(39)25-30(35(41)42)23-28-14-8-4-9-15-28)36-34(40)29(17-16-27-12-6-3-7-13-27)24-31(38)18-21-37-19-10-5-11-20-37/h3-4,6-9,12-15,26,29-30,32H,5,10-11,16-25H2,1-2H3,(H,36,40)(H,41,42)/t29-,30-,32+/m1/s1. The molecule has 1 aliphatic heterocycles. The summed E-state index contributed by atoms with van der Waals surface area (Å²) in [6, 6.07) is 18.4. The maximum atomic E-state index is 13.7. The van der Waals surface area contributed by atoms with Crippen molar-refractivity contribution in [3.8, 4) is 0 Å². The normalized spacial score (nSPS) is 16.0. The molecule has 7 heteroatoms. The number of benzene rings is 2. The van der Waals surface area contributed by atoms with E-state index >= 15 is 0 Å². The lowest BCUT2D eigenvalue weighted by molar-refractivity contribution is -0.144. The van der Waals surface area contributed by atoms with Crippen molar-refractivity contribution < 1.29 is 24.3 Å². The fourth-order valence-electron chi connectivity index (χ4n) is 5.72. The summed E-state index contributed by atoms with van der Waals surface area (Å²) in [7, 11) is 0. The number of likely N-dealkylation sites (tertiary alicyclic amines) is 1. The van der Waals surface area contributed by atoms with Crippen LogP contribution in [0.25, 0.3) is 0 Å². The summed E-state index contributed by atoms with van der Waals surface area (Å²) in [5.41, 5.74) is 1.95. The Morgan fingerprint density at radius 1 is 0.833 bits per heavy atom. The van der Waals surface area contributed by atoms with Crippen LogP contribution in [0.15, 0.2) is 60.7 Å². The lowest BCUT2D eigenvalue weighted by Crippen LogP contribution is -2.46. The van der Waals surface area contributed by atoms with E-state index in [1.54, 1.807) is 0 Å². The molecule has 0 spiro atoms. The third-order valence-electron chi connectivity index (χ3n) is 8.16. The van der Waals surface area contributed by atoms with Gasteiger partial charge in [-0.3, -0.25) is 19.2 Å². The van der Waals surface area contributed by atoms with Crippen LogP contribution in [-0.2, 0) is 32.0 Å². The molecule has 1 aliphatic rings. The van der Waals surface area contributed by atoms with E-state index in [0.29, 0.717) is 25.7 Å². The van der Waals surface area contributed by atoms with Gasteiger partial charge in [0.1, 0.15) is 5.78 Å². The highest BCUT2D eigenvalue weighted by Gasteiger charge is 2.31. The zero-order chi connectivity index (χ0) is 30.3. The van der Waals surface area contributed by atoms with Crippen LogP contribution < -0.4 is 5.32 Å². The molecule has 0 aliphatic carbocycles. The van der Waals surface area contributed by atoms with Crippen LogP contribution in [0.1, 0.15) is 76.3 Å². The highest BCUT2D eigenvalue weighted by molar-refractivity contribution is 5.93. The van der Waals surface area contributed by atoms with Crippen molar-refractivity contribution in [3.63, 3.8) is 0 Å². The van der Waals surface area contributed by atoms with Gasteiger partial charge in [0.2, 0.25) is 5.91 Å². The van der Waals surface area contributed by atoms with Crippen LogP contribution in [0, 0.1) is 17.8 Å². The van der Waals surface area contributed by atoms with E-state index in [1.807, 2.05) is 74.5 Å². The summed E-state index contributed by atoms with van der Waals surface area (Å²) >= 11 is 0. The molecule has 3 rings (SSSR count). The lowest BCUT2D eigenvalue weighted by Gasteiger charge is -2.26. The number of rotatable bonds is 18. The van der Waals surface area contributed by atoms with Crippen LogP contribution >= 0.6 is 0 Å². The average molecular weight is 577 g/mol. The van der Waals surface area contributed by atoms with Crippen molar-refractivity contribution in [2.75, 3.05) is 19.6 Å². The molecule has 1 heterocycles. The molecule has 2 aromatic carbocycles. The molecule has 0 aromatic heterocycles. The van der Waals surface area contributed by atoms with Gasteiger partial charge < -0.3 is 15.3 Å². The van der Waals surface area contributed by atoms with Crippen molar-refractivity contribution in [1.82, 2.24) is 10.2 Å². The molecule has 1 saturated heterocycles. The molecule has 42 heavy (non-hydrogen) atoms. The summed E-state index contributed by atoms with van der Waals surface area (Å²) in [5.74, 6) is -2.86. The van der Waals surface area contributed by atoms with Gasteiger partial charge in [0.15, 0.2) is 5.78 Å². The van der Waals surface area contributed by atoms with Crippen LogP contribution in [0.3, 0.4) is 0 Å². The van der Waals surface area contributed by atoms with Crippen LogP contribution in [0.4, 0.5) is 0 Å². The molecule has 3 atom stereocenters. The third-order valence-corrected chi connectivity index (χ3v) is 8.16. The fourth-order valence-corrected chi connectivity index (χ4v) is 5.72. The summed E-state index contributed by atoms with van der Waals surface area (Å²) in [5, 5.41) is 12.8. The molecule has 1 fully saturated rings. The van der Waals surface area contributed by atoms with Gasteiger partial charge in [-0.05, 0) is 68.7 Å². The number of aryl methyl sites for hydroxylation is 1. The minimum atomic E-state index is -1.03. The van der Waals surface area contributed by atoms with E-state index in [1.165, 1.54) is 6.42 Å². The number of carbonyl (C=O) groups is 4. The van der Waals surface area contributed by atoms with Crippen LogP contribution in [0.2, 0.25) is 0 Å². The summed E-state index contributed by atoms with van der Waals surface area (Å²) in [6.07, 6.45) is 5.77. The van der Waals surface area contributed by atoms with E-state index in [4.69, 9.17) is 0 Å². The fraction of sp³-hybridized carbons (Fsp3) is 0.543. The number of piperidine rings is 1. The van der Waals surface area contributed by atoms with Crippen LogP contribution in [0.5, 0.6) is 0 Å². The molecule has 0 bridgehead atoms. The number of hydrogen-bond acceptors (Lipinski definition) is 5. The van der Waals surface area contributed by atoms with Gasteiger partial charge in [-0.25, -0.2) is 0 Å². The van der Waals surface area contributed by atoms with Gasteiger partial charge in [-0.2, -0.15) is 0 Å². The van der Waals surface area contributed by atoms with Gasteiger partial charge >= 0.3 is 5.97 Å². The van der Waals surface area contributed by atoms with E-state index < -0.39 is 23.8 Å². The monoisotopic (exact) mass is 576 g/mol. The smallest absolute Gasteiger partial charge is 0.307 e. The van der Waals surface area contributed by atoms with Gasteiger partial charge in [0.25, 0.3) is 0 Å². The Kier molecular flexibility index (Phi) is 13.9. The quantitative estimate of drug-likeness (QED) is 0.243. The first-order chi connectivity index (χ1) is 20.2. The molecule has 1 amide bonds. The molecule has 228 valence electrons. The molecule has 2 N–H and O–H groups in total. The van der Waals surface area contributed by atoms with E-state index in [2.05, 4.69) is 10.2 Å². The Hall–Kier alpha value is -3.32. The van der Waals surface area contributed by atoms with E-state index in [0.717, 1.165) is 43.6 Å². The van der Waals surface area contributed by atoms with Gasteiger partial charge in [0.05, 0.1) is 12.0 Å². The molecule has 0 radical (unpaired) electrons. The number of carboxylic acids is 1. The van der Waals surface area contributed by atoms with Crippen LogP contribution in [-0.4, -0.2) is 59.1 Å². The number of ketones is 2.